The van der Waals surface area contributed by atoms with E-state index in [-0.39, 0.29) is 30.6 Å². The van der Waals surface area contributed by atoms with Gasteiger partial charge in [0.05, 0.1) is 6.04 Å². The van der Waals surface area contributed by atoms with Crippen molar-refractivity contribution in [3.05, 3.63) is 59.7 Å². The van der Waals surface area contributed by atoms with Crippen molar-refractivity contribution in [2.75, 3.05) is 19.7 Å². The zero-order chi connectivity index (χ0) is 20.4. The van der Waals surface area contributed by atoms with Gasteiger partial charge in [-0.1, -0.05) is 48.5 Å². The first-order valence-corrected chi connectivity index (χ1v) is 10.9. The average molecular weight is 429 g/mol. The lowest BCUT2D eigenvalue weighted by Crippen LogP contribution is -2.33. The summed E-state index contributed by atoms with van der Waals surface area (Å²) in [5.41, 5.74) is 4.97. The van der Waals surface area contributed by atoms with Gasteiger partial charge in [-0.3, -0.25) is 4.90 Å². The number of benzene rings is 2. The van der Waals surface area contributed by atoms with Crippen molar-refractivity contribution < 1.29 is 9.53 Å². The van der Waals surface area contributed by atoms with Crippen LogP contribution in [0, 0.1) is 0 Å². The number of rotatable bonds is 6. The van der Waals surface area contributed by atoms with Gasteiger partial charge in [-0.25, -0.2) is 4.79 Å². The Hall–Kier alpha value is -2.04. The van der Waals surface area contributed by atoms with E-state index in [9.17, 15) is 4.79 Å². The van der Waals surface area contributed by atoms with Crippen molar-refractivity contribution in [2.24, 2.45) is 0 Å². The van der Waals surface area contributed by atoms with Crippen molar-refractivity contribution in [1.29, 1.82) is 0 Å². The number of nitrogens with zero attached hydrogens (tertiary/aromatic N) is 2. The van der Waals surface area contributed by atoms with Gasteiger partial charge >= 0.3 is 6.09 Å². The average Bonchev–Trinajstić information content (AvgIpc) is 3.32. The van der Waals surface area contributed by atoms with Crippen LogP contribution in [0.25, 0.3) is 11.1 Å². The smallest absolute Gasteiger partial charge is 0.410 e. The lowest BCUT2D eigenvalue weighted by molar-refractivity contribution is 0.149. The molecular weight excluding hydrogens is 396 g/mol. The van der Waals surface area contributed by atoms with E-state index in [0.717, 1.165) is 24.6 Å². The van der Waals surface area contributed by atoms with Gasteiger partial charge in [-0.2, -0.15) is 0 Å². The van der Waals surface area contributed by atoms with Gasteiger partial charge in [-0.15, -0.1) is 12.4 Å². The molecule has 0 saturated carbocycles. The second-order valence-electron chi connectivity index (χ2n) is 8.69. The minimum absolute atomic E-state index is 0. The van der Waals surface area contributed by atoms with Crippen LogP contribution < -0.4 is 0 Å². The molecule has 1 amide bonds. The van der Waals surface area contributed by atoms with E-state index in [1.54, 1.807) is 0 Å². The molecule has 0 N–H and O–H groups in total. The largest absolute Gasteiger partial charge is 0.447 e. The summed E-state index contributed by atoms with van der Waals surface area (Å²) in [5, 5.41) is 0. The van der Waals surface area contributed by atoms with Crippen LogP contribution in [0.15, 0.2) is 48.5 Å². The molecule has 0 radical (unpaired) electrons. The Morgan fingerprint density at radius 1 is 1.03 bits per heavy atom. The maximum Gasteiger partial charge on any atom is 0.410 e. The Kier molecular flexibility index (Phi) is 7.43. The first kappa shape index (κ1) is 22.6. The van der Waals surface area contributed by atoms with Crippen LogP contribution in [0.4, 0.5) is 4.79 Å². The van der Waals surface area contributed by atoms with Crippen molar-refractivity contribution in [1.82, 2.24) is 9.80 Å². The predicted octanol–water partition coefficient (Wildman–Crippen LogP) is 5.70. The Morgan fingerprint density at radius 2 is 1.67 bits per heavy atom. The third-order valence-electron chi connectivity index (χ3n) is 6.43. The van der Waals surface area contributed by atoms with Crippen molar-refractivity contribution in [2.45, 2.75) is 58.2 Å². The molecule has 2 atom stereocenters. The highest BCUT2D eigenvalue weighted by Crippen LogP contribution is 2.31. The summed E-state index contributed by atoms with van der Waals surface area (Å²) in [7, 11) is 0. The number of cyclic esters (lactones) is 1. The number of hydrogen-bond donors (Lipinski definition) is 0. The van der Waals surface area contributed by atoms with Crippen LogP contribution >= 0.6 is 12.4 Å². The van der Waals surface area contributed by atoms with Crippen LogP contribution in [-0.2, 0) is 11.2 Å². The van der Waals surface area contributed by atoms with Crippen LogP contribution in [-0.4, -0.2) is 47.7 Å². The number of carbonyl (C=O) groups is 1. The Labute approximate surface area is 186 Å². The zero-order valence-corrected chi connectivity index (χ0v) is 19.0. The Morgan fingerprint density at radius 3 is 2.23 bits per heavy atom. The highest BCUT2D eigenvalue weighted by molar-refractivity contribution is 5.85. The monoisotopic (exact) mass is 428 g/mol. The molecule has 0 aliphatic carbocycles. The minimum Gasteiger partial charge on any atom is -0.447 e. The molecule has 5 heteroatoms. The molecule has 2 fully saturated rings. The number of ether oxygens (including phenoxy) is 1. The fourth-order valence-electron chi connectivity index (χ4n) is 4.62. The standard InChI is InChI=1S/C25H32N2O2.ClH/c1-18(2)27-24(17-29-25(27)28)23-12-10-22(11-13-23)21-8-6-20(7-9-21)14-16-26-15-4-5-19(26)3;/h6-13,18-19,24H,4-5,14-17H2,1-3H3;1H/t19-,24+;/m1./s1. The van der Waals surface area contributed by atoms with E-state index in [1.807, 2.05) is 18.7 Å². The second-order valence-corrected chi connectivity index (χ2v) is 8.69. The number of hydrogen-bond acceptors (Lipinski definition) is 3. The SMILES string of the molecule is CC(C)N1C(=O)OC[C@H]1c1ccc(-c2ccc(CCN3CCC[C@H]3C)cc2)cc1.Cl. The van der Waals surface area contributed by atoms with Gasteiger partial charge < -0.3 is 9.64 Å². The fourth-order valence-corrected chi connectivity index (χ4v) is 4.62. The molecule has 0 unspecified atom stereocenters. The molecule has 2 heterocycles. The van der Waals surface area contributed by atoms with Gasteiger partial charge in [0.25, 0.3) is 0 Å². The molecule has 2 aromatic carbocycles. The maximum atomic E-state index is 12.0. The molecule has 162 valence electrons. The Bertz CT molecular complexity index is 835. The lowest BCUT2D eigenvalue weighted by atomic mass is 9.99. The second kappa shape index (κ2) is 9.84. The van der Waals surface area contributed by atoms with Gasteiger partial charge in [0.2, 0.25) is 0 Å². The number of likely N-dealkylation sites (tertiary alicyclic amines) is 1. The first-order chi connectivity index (χ1) is 14.0. The Balaban J connectivity index is 0.00000256. The van der Waals surface area contributed by atoms with Crippen molar-refractivity contribution in [3.63, 3.8) is 0 Å². The summed E-state index contributed by atoms with van der Waals surface area (Å²) in [5.74, 6) is 0. The predicted molar refractivity (Wildman–Crippen MR) is 124 cm³/mol. The molecule has 4 rings (SSSR count). The van der Waals surface area contributed by atoms with E-state index in [4.69, 9.17) is 4.74 Å². The molecule has 30 heavy (non-hydrogen) atoms. The molecule has 0 bridgehead atoms. The lowest BCUT2D eigenvalue weighted by Gasteiger charge is -2.25. The third-order valence-corrected chi connectivity index (χ3v) is 6.43. The normalized spacial score (nSPS) is 21.7. The van der Waals surface area contributed by atoms with Crippen LogP contribution in [0.2, 0.25) is 0 Å². The van der Waals surface area contributed by atoms with E-state index < -0.39 is 0 Å². The van der Waals surface area contributed by atoms with Crippen LogP contribution in [0.1, 0.15) is 50.8 Å². The van der Waals surface area contributed by atoms with Crippen molar-refractivity contribution >= 4 is 18.5 Å². The number of halogens is 1. The van der Waals surface area contributed by atoms with Crippen LogP contribution in [0.5, 0.6) is 0 Å². The summed E-state index contributed by atoms with van der Waals surface area (Å²) in [6.07, 6.45) is 3.58. The maximum absolute atomic E-state index is 12.0. The molecule has 4 nitrogen and oxygen atoms in total. The molecular formula is C25H33ClN2O2. The molecule has 2 aromatic rings. The van der Waals surface area contributed by atoms with E-state index in [0.29, 0.717) is 6.61 Å². The summed E-state index contributed by atoms with van der Waals surface area (Å²) in [4.78, 5) is 16.4. The van der Waals surface area contributed by atoms with E-state index in [2.05, 4.69) is 60.4 Å². The highest BCUT2D eigenvalue weighted by atomic mass is 35.5. The molecule has 0 aromatic heterocycles. The third kappa shape index (κ3) is 4.81. The molecule has 2 aliphatic rings. The summed E-state index contributed by atoms with van der Waals surface area (Å²) in [6, 6.07) is 18.4. The summed E-state index contributed by atoms with van der Waals surface area (Å²) < 4.78 is 5.27. The van der Waals surface area contributed by atoms with Gasteiger partial charge in [-0.05, 0) is 68.8 Å². The zero-order valence-electron chi connectivity index (χ0n) is 18.2. The van der Waals surface area contributed by atoms with Gasteiger partial charge in [0.15, 0.2) is 0 Å². The van der Waals surface area contributed by atoms with E-state index >= 15 is 0 Å². The van der Waals surface area contributed by atoms with Gasteiger partial charge in [0, 0.05) is 18.6 Å². The highest BCUT2D eigenvalue weighted by Gasteiger charge is 2.35. The van der Waals surface area contributed by atoms with Gasteiger partial charge in [0.1, 0.15) is 6.61 Å². The first-order valence-electron chi connectivity index (χ1n) is 10.9. The molecule has 2 aliphatic heterocycles. The fraction of sp³-hybridized carbons (Fsp3) is 0.480. The molecule has 0 spiro atoms. The van der Waals surface area contributed by atoms with E-state index in [1.165, 1.54) is 36.1 Å². The summed E-state index contributed by atoms with van der Waals surface area (Å²) in [6.45, 7) is 9.23. The quantitative estimate of drug-likeness (QED) is 0.591. The topological polar surface area (TPSA) is 32.8 Å². The number of amides is 1. The molecule has 2 saturated heterocycles. The van der Waals surface area contributed by atoms with Crippen LogP contribution in [0.3, 0.4) is 0 Å². The van der Waals surface area contributed by atoms with Crippen molar-refractivity contribution in [3.8, 4) is 11.1 Å². The minimum atomic E-state index is -0.215. The number of carbonyl (C=O) groups excluding carboxylic acids is 1. The summed E-state index contributed by atoms with van der Waals surface area (Å²) >= 11 is 0.